The maximum absolute atomic E-state index is 13.1. The number of rotatable bonds is 10. The van der Waals surface area contributed by atoms with Gasteiger partial charge in [0.15, 0.2) is 0 Å². The molecule has 10 nitrogen and oxygen atoms in total. The largest absolute Gasteiger partial charge is 0.453 e. The summed E-state index contributed by atoms with van der Waals surface area (Å²) < 4.78 is 10.9. The zero-order valence-corrected chi connectivity index (χ0v) is 34.8. The van der Waals surface area contributed by atoms with E-state index in [1.54, 1.807) is 19.3 Å². The Kier molecular flexibility index (Phi) is 10.3. The monoisotopic (exact) mass is 787 g/mol. The molecule has 0 saturated carbocycles. The highest BCUT2D eigenvalue weighted by atomic mass is 35.5. The minimum absolute atomic E-state index is 0.0150. The molecule has 6 aromatic rings. The second-order valence-electron chi connectivity index (χ2n) is 17.2. The van der Waals surface area contributed by atoms with Crippen LogP contribution in [0.15, 0.2) is 79.3 Å². The van der Waals surface area contributed by atoms with Crippen LogP contribution in [0.2, 0.25) is 5.02 Å². The highest BCUT2D eigenvalue weighted by molar-refractivity contribution is 6.31. The minimum atomic E-state index is -1.10. The molecule has 0 fully saturated rings. The number of carbonyl (C=O) groups is 1. The molecule has 0 spiro atoms. The van der Waals surface area contributed by atoms with E-state index < -0.39 is 23.2 Å². The molecule has 4 aromatic heterocycles. The molecule has 298 valence electrons. The van der Waals surface area contributed by atoms with Crippen LogP contribution in [0.1, 0.15) is 90.3 Å². The van der Waals surface area contributed by atoms with Gasteiger partial charge in [0.2, 0.25) is 0 Å². The molecule has 57 heavy (non-hydrogen) atoms. The number of fused-ring (bicyclic) bond motifs is 6. The molecule has 2 aliphatic heterocycles. The van der Waals surface area contributed by atoms with Crippen molar-refractivity contribution in [1.29, 1.82) is 0 Å². The van der Waals surface area contributed by atoms with Crippen molar-refractivity contribution in [2.24, 2.45) is 19.8 Å². The molecule has 0 amide bonds. The molecule has 3 N–H and O–H groups in total. The van der Waals surface area contributed by atoms with Gasteiger partial charge in [-0.3, -0.25) is 19.7 Å². The van der Waals surface area contributed by atoms with Gasteiger partial charge in [-0.1, -0.05) is 35.4 Å². The van der Waals surface area contributed by atoms with Gasteiger partial charge in [-0.25, -0.2) is 0 Å². The first kappa shape index (κ1) is 39.3. The number of esters is 1. The van der Waals surface area contributed by atoms with Gasteiger partial charge < -0.3 is 29.6 Å². The number of pyridine rings is 2. The fraction of sp³-hybridized carbons (Fsp3) is 0.413. The number of aryl methyl sites for hydroxylation is 3. The lowest BCUT2D eigenvalue weighted by Crippen LogP contribution is -2.41. The number of nitrogens with two attached hydrogens (primary N) is 1. The fourth-order valence-electron chi connectivity index (χ4n) is 9.81. The van der Waals surface area contributed by atoms with E-state index in [9.17, 15) is 9.90 Å². The normalized spacial score (nSPS) is 20.2. The molecule has 2 aromatic carbocycles. The topological polar surface area (TPSA) is 115 Å². The Morgan fingerprint density at radius 1 is 0.912 bits per heavy atom. The van der Waals surface area contributed by atoms with Crippen LogP contribution >= 0.6 is 11.6 Å². The maximum Gasteiger partial charge on any atom is 0.323 e. The molecular weight excluding hydrogens is 734 g/mol. The number of ether oxygens (including phenoxy) is 1. The Morgan fingerprint density at radius 2 is 1.60 bits per heavy atom. The Morgan fingerprint density at radius 3 is 2.26 bits per heavy atom. The molecule has 2 aliphatic rings. The van der Waals surface area contributed by atoms with E-state index in [1.807, 2.05) is 44.3 Å². The van der Waals surface area contributed by atoms with E-state index in [1.165, 1.54) is 44.4 Å². The van der Waals surface area contributed by atoms with Gasteiger partial charge in [-0.15, -0.1) is 0 Å². The average Bonchev–Trinajstić information content (AvgIpc) is 3.60. The third kappa shape index (κ3) is 7.38. The van der Waals surface area contributed by atoms with E-state index in [4.69, 9.17) is 27.1 Å². The summed E-state index contributed by atoms with van der Waals surface area (Å²) in [4.78, 5) is 27.2. The molecule has 8 rings (SSSR count). The molecule has 0 bridgehead atoms. The van der Waals surface area contributed by atoms with Crippen molar-refractivity contribution in [2.45, 2.75) is 89.3 Å². The van der Waals surface area contributed by atoms with Gasteiger partial charge in [-0.2, -0.15) is 0 Å². The van der Waals surface area contributed by atoms with Gasteiger partial charge in [-0.05, 0) is 94.8 Å². The van der Waals surface area contributed by atoms with Crippen molar-refractivity contribution < 1.29 is 14.6 Å². The lowest BCUT2D eigenvalue weighted by atomic mass is 9.81. The van der Waals surface area contributed by atoms with Gasteiger partial charge in [0, 0.05) is 133 Å². The number of aliphatic hydroxyl groups is 1. The fourth-order valence-corrected chi connectivity index (χ4v) is 9.98. The van der Waals surface area contributed by atoms with Gasteiger partial charge in [0.1, 0.15) is 11.6 Å². The van der Waals surface area contributed by atoms with Gasteiger partial charge >= 0.3 is 5.97 Å². The van der Waals surface area contributed by atoms with Crippen LogP contribution in [-0.2, 0) is 54.5 Å². The molecule has 0 radical (unpaired) electrons. The number of nitrogens with zero attached hydrogens (tertiary/aromatic N) is 6. The Bertz CT molecular complexity index is 2460. The third-order valence-electron chi connectivity index (χ3n) is 12.5. The number of hydrogen-bond acceptors (Lipinski definition) is 8. The SMILES string of the molecule is Cc1ccc2c(c1)c1c(n2C)C(CC(C)(OC(=O)C(C)N)c2cccnc2)CN(Cc2ccc(C(C)(O)CC3CN(C)Cc4c3n(C)c3ccc(Cl)cc43)cn2)C1. The van der Waals surface area contributed by atoms with Crippen LogP contribution in [0.3, 0.4) is 0 Å². The lowest BCUT2D eigenvalue weighted by Gasteiger charge is -2.39. The van der Waals surface area contributed by atoms with Crippen LogP contribution in [0.4, 0.5) is 0 Å². The summed E-state index contributed by atoms with van der Waals surface area (Å²) in [5.74, 6) is -0.306. The predicted octanol–water partition coefficient (Wildman–Crippen LogP) is 7.54. The van der Waals surface area contributed by atoms with Crippen LogP contribution < -0.4 is 5.73 Å². The molecule has 5 unspecified atom stereocenters. The lowest BCUT2D eigenvalue weighted by molar-refractivity contribution is -0.162. The van der Waals surface area contributed by atoms with Crippen LogP contribution in [0.25, 0.3) is 21.8 Å². The number of benzene rings is 2. The van der Waals surface area contributed by atoms with Crippen molar-refractivity contribution in [3.8, 4) is 0 Å². The summed E-state index contributed by atoms with van der Waals surface area (Å²) in [7, 11) is 6.41. The molecule has 0 aliphatic carbocycles. The van der Waals surface area contributed by atoms with Crippen molar-refractivity contribution >= 4 is 39.4 Å². The molecule has 6 heterocycles. The second kappa shape index (κ2) is 15.0. The van der Waals surface area contributed by atoms with E-state index in [2.05, 4.69) is 88.4 Å². The summed E-state index contributed by atoms with van der Waals surface area (Å²) in [6.07, 6.45) is 6.47. The average molecular weight is 788 g/mol. The molecule has 11 heteroatoms. The quantitative estimate of drug-likeness (QED) is 0.137. The Balaban J connectivity index is 1.07. The number of halogens is 1. The van der Waals surface area contributed by atoms with Crippen LogP contribution in [0, 0.1) is 6.92 Å². The first-order chi connectivity index (χ1) is 27.1. The molecule has 0 saturated heterocycles. The van der Waals surface area contributed by atoms with E-state index in [-0.39, 0.29) is 11.8 Å². The molecule has 5 atom stereocenters. The number of likely N-dealkylation sites (N-methyl/N-ethyl adjacent to an activating group) is 1. The molecular formula is C46H54ClN7O3. The van der Waals surface area contributed by atoms with Gasteiger partial charge in [0.05, 0.1) is 11.3 Å². The van der Waals surface area contributed by atoms with Crippen molar-refractivity contribution in [2.75, 3.05) is 20.1 Å². The highest BCUT2D eigenvalue weighted by Crippen LogP contribution is 2.45. The zero-order valence-electron chi connectivity index (χ0n) is 34.1. The van der Waals surface area contributed by atoms with Crippen molar-refractivity contribution in [3.05, 3.63) is 129 Å². The summed E-state index contributed by atoms with van der Waals surface area (Å²) in [6, 6.07) is 19.9. The highest BCUT2D eigenvalue weighted by Gasteiger charge is 2.41. The number of hydrogen-bond donors (Lipinski definition) is 2. The van der Waals surface area contributed by atoms with Crippen molar-refractivity contribution in [3.63, 3.8) is 0 Å². The van der Waals surface area contributed by atoms with E-state index in [0.29, 0.717) is 19.4 Å². The van der Waals surface area contributed by atoms with E-state index in [0.717, 1.165) is 53.5 Å². The maximum atomic E-state index is 13.1. The van der Waals surface area contributed by atoms with E-state index >= 15 is 0 Å². The number of aromatic nitrogens is 4. The summed E-state index contributed by atoms with van der Waals surface area (Å²) in [5, 5.41) is 15.2. The first-order valence-electron chi connectivity index (χ1n) is 19.9. The Hall–Kier alpha value is -4.58. The smallest absolute Gasteiger partial charge is 0.323 e. The second-order valence-corrected chi connectivity index (χ2v) is 17.6. The number of carbonyl (C=O) groups excluding carboxylic acids is 1. The van der Waals surface area contributed by atoms with Crippen LogP contribution in [-0.4, -0.2) is 66.2 Å². The van der Waals surface area contributed by atoms with Crippen molar-refractivity contribution in [1.82, 2.24) is 28.9 Å². The standard InChI is InChI=1S/C46H54ClN7O3/c1-28-10-14-40-36(17-28)39-27-54(24-31(43(39)52(40)6)20-46(4,57-44(55)29(2)48)33-9-8-16-49-21-33)25-35-13-11-32(22-50-35)45(3,56)19-30-23-51(5)26-38-37-18-34(47)12-15-41(37)53(7)42(30)38/h8-18,21-22,29-31,56H,19-20,23-27,48H2,1-7H3. The third-order valence-corrected chi connectivity index (χ3v) is 12.7. The summed E-state index contributed by atoms with van der Waals surface area (Å²) >= 11 is 6.44. The summed E-state index contributed by atoms with van der Waals surface area (Å²) in [5.41, 5.74) is 15.2. The zero-order chi connectivity index (χ0) is 40.4. The van der Waals surface area contributed by atoms with Crippen LogP contribution in [0.5, 0.6) is 0 Å². The summed E-state index contributed by atoms with van der Waals surface area (Å²) in [6.45, 7) is 11.5. The first-order valence-corrected chi connectivity index (χ1v) is 20.3. The Labute approximate surface area is 340 Å². The predicted molar refractivity (Wildman–Crippen MR) is 226 cm³/mol. The van der Waals surface area contributed by atoms with Gasteiger partial charge in [0.25, 0.3) is 0 Å². The minimum Gasteiger partial charge on any atom is -0.453 e.